The maximum Gasteiger partial charge on any atom is 0.416 e. The maximum absolute atomic E-state index is 13.3. The van der Waals surface area contributed by atoms with Crippen molar-refractivity contribution in [1.82, 2.24) is 20.1 Å². The lowest BCUT2D eigenvalue weighted by Gasteiger charge is -2.31. The number of aryl methyl sites for hydroxylation is 1. The molecule has 1 aliphatic carbocycles. The number of alkyl halides is 3. The molecule has 1 amide bonds. The van der Waals surface area contributed by atoms with Gasteiger partial charge in [0.05, 0.1) is 12.1 Å². The van der Waals surface area contributed by atoms with E-state index < -0.39 is 11.7 Å². The van der Waals surface area contributed by atoms with Crippen molar-refractivity contribution in [2.75, 3.05) is 39.4 Å². The Morgan fingerprint density at radius 2 is 1.90 bits per heavy atom. The summed E-state index contributed by atoms with van der Waals surface area (Å²) < 4.78 is 45.3. The largest absolute Gasteiger partial charge is 0.416 e. The van der Waals surface area contributed by atoms with Crippen LogP contribution in [0.5, 0.6) is 0 Å². The quantitative estimate of drug-likeness (QED) is 0.594. The Labute approximate surface area is 227 Å². The van der Waals surface area contributed by atoms with Crippen LogP contribution < -0.4 is 5.32 Å². The molecule has 210 valence electrons. The topological polar surface area (TPSA) is 57.7 Å². The predicted octanol–water partition coefficient (Wildman–Crippen LogP) is 4.17. The number of carbonyl (C=O) groups is 1. The van der Waals surface area contributed by atoms with Gasteiger partial charge in [0.15, 0.2) is 0 Å². The first-order valence-electron chi connectivity index (χ1n) is 14.3. The van der Waals surface area contributed by atoms with Crippen molar-refractivity contribution in [3.63, 3.8) is 0 Å². The van der Waals surface area contributed by atoms with Crippen molar-refractivity contribution >= 4 is 5.91 Å². The van der Waals surface area contributed by atoms with E-state index in [4.69, 9.17) is 4.74 Å². The Balaban J connectivity index is 1.11. The SMILES string of the molecule is O=C(CN1CCc2ccc(C(F)(F)F)cc2C1)NC1CN(C2CCOCC2)C[C@@H]1CC1CCc2ccncc21. The molecule has 2 fully saturated rings. The first-order valence-corrected chi connectivity index (χ1v) is 14.3. The molecule has 0 saturated carbocycles. The van der Waals surface area contributed by atoms with Gasteiger partial charge in [-0.2, -0.15) is 13.2 Å². The van der Waals surface area contributed by atoms with Gasteiger partial charge in [0.1, 0.15) is 0 Å². The third kappa shape index (κ3) is 6.00. The molecule has 9 heteroatoms. The molecule has 3 atom stereocenters. The zero-order valence-corrected chi connectivity index (χ0v) is 22.3. The number of hydrogen-bond donors (Lipinski definition) is 1. The van der Waals surface area contributed by atoms with Crippen molar-refractivity contribution in [2.45, 2.75) is 69.2 Å². The summed E-state index contributed by atoms with van der Waals surface area (Å²) in [5, 5.41) is 3.35. The number of hydrogen-bond acceptors (Lipinski definition) is 5. The fourth-order valence-electron chi connectivity index (χ4n) is 7.16. The van der Waals surface area contributed by atoms with E-state index in [-0.39, 0.29) is 18.5 Å². The van der Waals surface area contributed by atoms with Gasteiger partial charge >= 0.3 is 6.18 Å². The van der Waals surface area contributed by atoms with Crippen molar-refractivity contribution in [1.29, 1.82) is 0 Å². The fourth-order valence-corrected chi connectivity index (χ4v) is 7.16. The van der Waals surface area contributed by atoms with Crippen LogP contribution in [-0.2, 0) is 35.1 Å². The molecule has 3 aliphatic heterocycles. The number of rotatable bonds is 6. The summed E-state index contributed by atoms with van der Waals surface area (Å²) in [6.07, 6.45) is 5.47. The van der Waals surface area contributed by atoms with E-state index in [1.165, 1.54) is 17.2 Å². The molecular weight excluding hydrogens is 505 g/mol. The minimum Gasteiger partial charge on any atom is -0.381 e. The Morgan fingerprint density at radius 1 is 1.05 bits per heavy atom. The molecular formula is C30H37F3N4O2. The average molecular weight is 543 g/mol. The fraction of sp³-hybridized carbons (Fsp3) is 0.600. The van der Waals surface area contributed by atoms with Crippen LogP contribution in [0.4, 0.5) is 13.2 Å². The molecule has 1 N–H and O–H groups in total. The zero-order chi connectivity index (χ0) is 27.0. The van der Waals surface area contributed by atoms with E-state index in [1.54, 1.807) is 6.07 Å². The van der Waals surface area contributed by atoms with Gasteiger partial charge in [-0.3, -0.25) is 19.6 Å². The molecule has 0 bridgehead atoms. The third-order valence-corrected chi connectivity index (χ3v) is 9.25. The van der Waals surface area contributed by atoms with Crippen LogP contribution >= 0.6 is 0 Å². The highest BCUT2D eigenvalue weighted by molar-refractivity contribution is 5.78. The van der Waals surface area contributed by atoms with Crippen molar-refractivity contribution in [3.8, 4) is 0 Å². The standard InChI is InChI=1S/C30H37F3N4O2/c31-30(32,33)25-4-3-20-6-10-36(16-23(20)14-25)19-29(38)35-28-18-37(26-7-11-39-12-8-26)17-24(28)13-22-2-1-21-5-9-34-15-27(21)22/h3-5,9,14-15,22,24,26,28H,1-2,6-8,10-13,16-19H2,(H,35,38)/t22?,24-,28?/m0/s1. The van der Waals surface area contributed by atoms with E-state index in [0.29, 0.717) is 43.0 Å². The number of halogens is 3. The van der Waals surface area contributed by atoms with Gasteiger partial charge in [-0.25, -0.2) is 0 Å². The van der Waals surface area contributed by atoms with Crippen LogP contribution in [0.15, 0.2) is 36.7 Å². The lowest BCUT2D eigenvalue weighted by atomic mass is 9.88. The van der Waals surface area contributed by atoms with Crippen LogP contribution in [0.25, 0.3) is 0 Å². The molecule has 0 spiro atoms. The Hall–Kier alpha value is -2.49. The van der Waals surface area contributed by atoms with Gasteiger partial charge in [-0.05, 0) is 90.8 Å². The number of pyridine rings is 1. The Kier molecular flexibility index (Phi) is 7.66. The van der Waals surface area contributed by atoms with Gasteiger partial charge in [0.2, 0.25) is 5.91 Å². The molecule has 0 radical (unpaired) electrons. The second-order valence-corrected chi connectivity index (χ2v) is 11.7. The highest BCUT2D eigenvalue weighted by atomic mass is 19.4. The molecule has 2 aromatic rings. The summed E-state index contributed by atoms with van der Waals surface area (Å²) in [4.78, 5) is 22.2. The Bertz CT molecular complexity index is 1180. The van der Waals surface area contributed by atoms with E-state index in [0.717, 1.165) is 70.0 Å². The van der Waals surface area contributed by atoms with E-state index in [2.05, 4.69) is 21.3 Å². The molecule has 4 aliphatic rings. The summed E-state index contributed by atoms with van der Waals surface area (Å²) in [6, 6.07) is 6.67. The maximum atomic E-state index is 13.3. The number of aromatic nitrogens is 1. The molecule has 6 nitrogen and oxygen atoms in total. The van der Waals surface area contributed by atoms with Crippen LogP contribution in [0.3, 0.4) is 0 Å². The zero-order valence-electron chi connectivity index (χ0n) is 22.3. The first-order chi connectivity index (χ1) is 18.8. The monoisotopic (exact) mass is 542 g/mol. The predicted molar refractivity (Wildman–Crippen MR) is 141 cm³/mol. The van der Waals surface area contributed by atoms with Gasteiger partial charge in [0.25, 0.3) is 0 Å². The van der Waals surface area contributed by atoms with Gasteiger partial charge in [-0.1, -0.05) is 6.07 Å². The summed E-state index contributed by atoms with van der Waals surface area (Å²) >= 11 is 0. The summed E-state index contributed by atoms with van der Waals surface area (Å²) in [6.45, 7) is 4.62. The summed E-state index contributed by atoms with van der Waals surface area (Å²) in [7, 11) is 0. The minimum atomic E-state index is -4.36. The number of ether oxygens (including phenoxy) is 1. The number of nitrogens with one attached hydrogen (secondary N) is 1. The molecule has 6 rings (SSSR count). The third-order valence-electron chi connectivity index (χ3n) is 9.25. The van der Waals surface area contributed by atoms with Gasteiger partial charge < -0.3 is 10.1 Å². The normalized spacial score (nSPS) is 26.4. The lowest BCUT2D eigenvalue weighted by Crippen LogP contribution is -2.47. The van der Waals surface area contributed by atoms with Crippen LogP contribution in [0, 0.1) is 5.92 Å². The molecule has 1 aromatic carbocycles. The smallest absolute Gasteiger partial charge is 0.381 e. The van der Waals surface area contributed by atoms with Crippen molar-refractivity contribution in [2.24, 2.45) is 5.92 Å². The highest BCUT2D eigenvalue weighted by Crippen LogP contribution is 2.39. The molecule has 2 saturated heterocycles. The van der Waals surface area contributed by atoms with Crippen LogP contribution in [0.1, 0.15) is 59.4 Å². The van der Waals surface area contributed by atoms with Crippen LogP contribution in [0.2, 0.25) is 0 Å². The van der Waals surface area contributed by atoms with E-state index in [1.807, 2.05) is 17.3 Å². The van der Waals surface area contributed by atoms with Gasteiger partial charge in [0, 0.05) is 63.9 Å². The average Bonchev–Trinajstić information content (AvgIpc) is 3.52. The number of fused-ring (bicyclic) bond motifs is 2. The van der Waals surface area contributed by atoms with E-state index in [9.17, 15) is 18.0 Å². The number of likely N-dealkylation sites (tertiary alicyclic amines) is 1. The molecule has 2 unspecified atom stereocenters. The molecule has 4 heterocycles. The highest BCUT2D eigenvalue weighted by Gasteiger charge is 2.40. The molecule has 39 heavy (non-hydrogen) atoms. The number of benzene rings is 1. The number of nitrogens with zero attached hydrogens (tertiary/aromatic N) is 3. The second-order valence-electron chi connectivity index (χ2n) is 11.7. The van der Waals surface area contributed by atoms with E-state index >= 15 is 0 Å². The second kappa shape index (κ2) is 11.2. The van der Waals surface area contributed by atoms with Crippen LogP contribution in [-0.4, -0.2) is 72.2 Å². The molecule has 1 aromatic heterocycles. The van der Waals surface area contributed by atoms with Gasteiger partial charge in [-0.15, -0.1) is 0 Å². The number of carbonyl (C=O) groups excluding carboxylic acids is 1. The Morgan fingerprint density at radius 3 is 2.72 bits per heavy atom. The number of amides is 1. The minimum absolute atomic E-state index is 0.0391. The summed E-state index contributed by atoms with van der Waals surface area (Å²) in [5.41, 5.74) is 3.74. The lowest BCUT2D eigenvalue weighted by molar-refractivity contribution is -0.137. The van der Waals surface area contributed by atoms with Crippen molar-refractivity contribution < 1.29 is 22.7 Å². The van der Waals surface area contributed by atoms with Crippen molar-refractivity contribution in [3.05, 3.63) is 64.5 Å². The first kappa shape index (κ1) is 26.7. The summed E-state index contributed by atoms with van der Waals surface area (Å²) in [5.74, 6) is 0.779.